The number of carboxylic acid groups (broad SMARTS) is 1. The van der Waals surface area contributed by atoms with Gasteiger partial charge in [-0.1, -0.05) is 17.7 Å². The van der Waals surface area contributed by atoms with Gasteiger partial charge in [-0.15, -0.1) is 0 Å². The monoisotopic (exact) mass is 539 g/mol. The van der Waals surface area contributed by atoms with Crippen LogP contribution < -0.4 is 15.0 Å². The third-order valence-corrected chi connectivity index (χ3v) is 5.92. The van der Waals surface area contributed by atoms with Crippen molar-refractivity contribution in [2.75, 3.05) is 30.0 Å². The van der Waals surface area contributed by atoms with Gasteiger partial charge in [-0.25, -0.2) is 14.8 Å². The first-order valence-electron chi connectivity index (χ1n) is 12.0. The van der Waals surface area contributed by atoms with Crippen molar-refractivity contribution >= 4 is 45.9 Å². The van der Waals surface area contributed by atoms with Gasteiger partial charge < -0.3 is 29.6 Å². The maximum absolute atomic E-state index is 11.9. The highest BCUT2D eigenvalue weighted by Gasteiger charge is 2.28. The number of carbonyl (C=O) groups is 1. The number of aromatic nitrogens is 3. The van der Waals surface area contributed by atoms with Crippen LogP contribution in [0.2, 0.25) is 5.02 Å². The Morgan fingerprint density at radius 3 is 2.66 bits per heavy atom. The predicted molar refractivity (Wildman–Crippen MR) is 147 cm³/mol. The van der Waals surface area contributed by atoms with Crippen LogP contribution in [0, 0.1) is 0 Å². The van der Waals surface area contributed by atoms with E-state index < -0.39 is 11.6 Å². The molecule has 38 heavy (non-hydrogen) atoms. The van der Waals surface area contributed by atoms with E-state index in [-0.39, 0.29) is 13.2 Å². The molecule has 2 aromatic carbocycles. The van der Waals surface area contributed by atoms with Gasteiger partial charge in [-0.2, -0.15) is 0 Å². The molecule has 10 nitrogen and oxygen atoms in total. The lowest BCUT2D eigenvalue weighted by Gasteiger charge is -2.33. The van der Waals surface area contributed by atoms with Gasteiger partial charge in [0, 0.05) is 30.0 Å². The number of rotatable bonds is 10. The van der Waals surface area contributed by atoms with Crippen LogP contribution in [0.1, 0.15) is 20.8 Å². The summed E-state index contributed by atoms with van der Waals surface area (Å²) in [4.78, 5) is 21.9. The summed E-state index contributed by atoms with van der Waals surface area (Å²) in [6.07, 6.45) is 2.35. The summed E-state index contributed by atoms with van der Waals surface area (Å²) in [5.74, 6) is 1.49. The highest BCUT2D eigenvalue weighted by atomic mass is 35.5. The fourth-order valence-corrected chi connectivity index (χ4v) is 4.25. The van der Waals surface area contributed by atoms with Gasteiger partial charge in [0.2, 0.25) is 0 Å². The second-order valence-corrected chi connectivity index (χ2v) is 9.87. The van der Waals surface area contributed by atoms with Gasteiger partial charge in [0.1, 0.15) is 23.3 Å². The molecule has 0 radical (unpaired) electrons. The van der Waals surface area contributed by atoms with Gasteiger partial charge in [0.05, 0.1) is 36.0 Å². The lowest BCUT2D eigenvalue weighted by atomic mass is 10.1. The molecule has 4 rings (SSSR count). The molecular weight excluding hydrogens is 510 g/mol. The standard InChI is InChI=1S/C27H30ClN5O5/c1-27(2,3)33(26(35)36)19-5-4-6-20(16-19)38-23-8-7-18(15-21(23)28)31-25-24-22(29-17-30-25)9-10-32(24)11-13-37-14-12-34/h4-10,15-17,34H,11-14H2,1-3H3,(H,35,36)(H,29,30,31). The number of nitrogens with one attached hydrogen (secondary N) is 1. The van der Waals surface area contributed by atoms with Crippen LogP contribution in [0.25, 0.3) is 11.0 Å². The number of anilines is 3. The third kappa shape index (κ3) is 6.34. The zero-order valence-electron chi connectivity index (χ0n) is 21.4. The number of aliphatic hydroxyl groups excluding tert-OH is 1. The Kier molecular flexibility index (Phi) is 8.35. The fraction of sp³-hybridized carbons (Fsp3) is 0.296. The normalized spacial score (nSPS) is 11.5. The number of fused-ring (bicyclic) bond motifs is 1. The molecule has 3 N–H and O–H groups in total. The Morgan fingerprint density at radius 1 is 1.13 bits per heavy atom. The molecule has 0 unspecified atom stereocenters. The van der Waals surface area contributed by atoms with Crippen LogP contribution in [0.5, 0.6) is 11.5 Å². The van der Waals surface area contributed by atoms with Crippen LogP contribution in [-0.4, -0.2) is 56.2 Å². The maximum Gasteiger partial charge on any atom is 0.412 e. The summed E-state index contributed by atoms with van der Waals surface area (Å²) in [6.45, 7) is 6.75. The van der Waals surface area contributed by atoms with Crippen molar-refractivity contribution in [3.63, 3.8) is 0 Å². The second-order valence-electron chi connectivity index (χ2n) is 9.46. The summed E-state index contributed by atoms with van der Waals surface area (Å²) < 4.78 is 13.4. The van der Waals surface area contributed by atoms with Crippen LogP contribution in [0.15, 0.2) is 61.1 Å². The second kappa shape index (κ2) is 11.7. The van der Waals surface area contributed by atoms with E-state index in [4.69, 9.17) is 26.2 Å². The molecule has 0 aliphatic rings. The number of halogens is 1. The molecule has 0 fully saturated rings. The Balaban J connectivity index is 1.53. The smallest absolute Gasteiger partial charge is 0.412 e. The third-order valence-electron chi connectivity index (χ3n) is 5.62. The minimum absolute atomic E-state index is 0.0219. The summed E-state index contributed by atoms with van der Waals surface area (Å²) in [6, 6.07) is 14.0. The Labute approximate surface area is 225 Å². The first-order valence-corrected chi connectivity index (χ1v) is 12.4. The molecule has 0 bridgehead atoms. The highest BCUT2D eigenvalue weighted by molar-refractivity contribution is 6.32. The van der Waals surface area contributed by atoms with E-state index in [1.54, 1.807) is 36.4 Å². The summed E-state index contributed by atoms with van der Waals surface area (Å²) in [5, 5.41) is 22.3. The van der Waals surface area contributed by atoms with E-state index in [0.29, 0.717) is 46.9 Å². The molecule has 200 valence electrons. The van der Waals surface area contributed by atoms with Crippen LogP contribution in [0.3, 0.4) is 0 Å². The van der Waals surface area contributed by atoms with Crippen LogP contribution >= 0.6 is 11.6 Å². The number of nitrogens with zero attached hydrogens (tertiary/aromatic N) is 4. The molecule has 0 saturated heterocycles. The molecule has 1 amide bonds. The van der Waals surface area contributed by atoms with Crippen LogP contribution in [0.4, 0.5) is 22.0 Å². The van der Waals surface area contributed by atoms with E-state index in [0.717, 1.165) is 11.0 Å². The zero-order chi connectivity index (χ0) is 27.3. The van der Waals surface area contributed by atoms with Gasteiger partial charge in [0.25, 0.3) is 0 Å². The van der Waals surface area contributed by atoms with Crippen molar-refractivity contribution in [1.82, 2.24) is 14.5 Å². The topological polar surface area (TPSA) is 122 Å². The molecule has 11 heteroatoms. The molecule has 2 aromatic heterocycles. The van der Waals surface area contributed by atoms with Crippen molar-refractivity contribution in [3.05, 3.63) is 66.1 Å². The Morgan fingerprint density at radius 2 is 1.95 bits per heavy atom. The average molecular weight is 540 g/mol. The minimum atomic E-state index is -1.05. The van der Waals surface area contributed by atoms with Crippen LogP contribution in [-0.2, 0) is 11.3 Å². The number of hydrogen-bond acceptors (Lipinski definition) is 7. The number of aliphatic hydroxyl groups is 1. The predicted octanol–water partition coefficient (Wildman–Crippen LogP) is 5.91. The molecule has 0 atom stereocenters. The van der Waals surface area contributed by atoms with Crippen molar-refractivity contribution in [2.24, 2.45) is 0 Å². The number of amides is 1. The summed E-state index contributed by atoms with van der Waals surface area (Å²) >= 11 is 6.55. The summed E-state index contributed by atoms with van der Waals surface area (Å²) in [5.41, 5.74) is 2.16. The quantitative estimate of drug-likeness (QED) is 0.212. The molecule has 0 aliphatic heterocycles. The number of hydrogen-bond donors (Lipinski definition) is 3. The first kappa shape index (κ1) is 27.2. The van der Waals surface area contributed by atoms with Gasteiger partial charge in [-0.3, -0.25) is 4.90 Å². The van der Waals surface area contributed by atoms with Crippen molar-refractivity contribution in [1.29, 1.82) is 0 Å². The van der Waals surface area contributed by atoms with Gasteiger partial charge in [-0.05, 0) is 57.2 Å². The molecule has 0 saturated carbocycles. The van der Waals surface area contributed by atoms with Gasteiger partial charge in [0.15, 0.2) is 5.82 Å². The van der Waals surface area contributed by atoms with Crippen molar-refractivity contribution < 1.29 is 24.5 Å². The van der Waals surface area contributed by atoms with Gasteiger partial charge >= 0.3 is 6.09 Å². The lowest BCUT2D eigenvalue weighted by molar-refractivity contribution is 0.0875. The fourth-order valence-electron chi connectivity index (χ4n) is 4.04. The van der Waals surface area contributed by atoms with E-state index in [1.807, 2.05) is 43.7 Å². The largest absolute Gasteiger partial charge is 0.465 e. The van der Waals surface area contributed by atoms with E-state index in [2.05, 4.69) is 15.3 Å². The summed E-state index contributed by atoms with van der Waals surface area (Å²) in [7, 11) is 0. The molecule has 0 spiro atoms. The highest BCUT2D eigenvalue weighted by Crippen LogP contribution is 2.35. The van der Waals surface area contributed by atoms with Crippen molar-refractivity contribution in [2.45, 2.75) is 32.9 Å². The van der Waals surface area contributed by atoms with Crippen molar-refractivity contribution in [3.8, 4) is 11.5 Å². The first-order chi connectivity index (χ1) is 18.2. The molecule has 0 aliphatic carbocycles. The maximum atomic E-state index is 11.9. The minimum Gasteiger partial charge on any atom is -0.465 e. The van der Waals surface area contributed by atoms with E-state index >= 15 is 0 Å². The molecule has 2 heterocycles. The van der Waals surface area contributed by atoms with E-state index in [1.165, 1.54) is 11.2 Å². The average Bonchev–Trinajstić information content (AvgIpc) is 3.27. The number of benzene rings is 2. The lowest BCUT2D eigenvalue weighted by Crippen LogP contribution is -2.45. The molecule has 4 aromatic rings. The Hall–Kier alpha value is -3.86. The molecular formula is C27H30ClN5O5. The van der Waals surface area contributed by atoms with E-state index in [9.17, 15) is 9.90 Å². The Bertz CT molecular complexity index is 1420. The number of ether oxygens (including phenoxy) is 2. The SMILES string of the molecule is CC(C)(C)N(C(=O)O)c1cccc(Oc2ccc(Nc3ncnc4ccn(CCOCCO)c34)cc2Cl)c1. The zero-order valence-corrected chi connectivity index (χ0v) is 22.1.